The molecule has 0 aromatic heterocycles. The van der Waals surface area contributed by atoms with Crippen LogP contribution < -0.4 is 9.46 Å². The van der Waals surface area contributed by atoms with Gasteiger partial charge in [0.2, 0.25) is 10.0 Å². The van der Waals surface area contributed by atoms with E-state index in [1.807, 2.05) is 23.8 Å². The van der Waals surface area contributed by atoms with Crippen molar-refractivity contribution >= 4 is 27.5 Å². The molecule has 1 heterocycles. The fourth-order valence-corrected chi connectivity index (χ4v) is 6.73. The second kappa shape index (κ2) is 10.8. The van der Waals surface area contributed by atoms with Gasteiger partial charge >= 0.3 is 0 Å². The lowest BCUT2D eigenvalue weighted by molar-refractivity contribution is -0.0841. The van der Waals surface area contributed by atoms with Gasteiger partial charge in [-0.2, -0.15) is 0 Å². The molecule has 1 amide bonds. The zero-order valence-electron chi connectivity index (χ0n) is 21.8. The van der Waals surface area contributed by atoms with E-state index in [9.17, 15) is 13.2 Å². The highest BCUT2D eigenvalue weighted by Gasteiger charge is 2.39. The Kier molecular flexibility index (Phi) is 7.75. The van der Waals surface area contributed by atoms with E-state index in [0.29, 0.717) is 18.6 Å². The van der Waals surface area contributed by atoms with E-state index in [1.54, 1.807) is 7.11 Å². The van der Waals surface area contributed by atoms with E-state index >= 15 is 4.39 Å². The Bertz CT molecular complexity index is 1300. The van der Waals surface area contributed by atoms with E-state index in [0.717, 1.165) is 61.5 Å². The van der Waals surface area contributed by atoms with Crippen LogP contribution in [0.5, 0.6) is 5.75 Å². The molecular weight excluding hydrogens is 531 g/mol. The number of halogens is 2. The molecule has 206 valence electrons. The van der Waals surface area contributed by atoms with Crippen LogP contribution in [0, 0.1) is 12.7 Å². The molecule has 1 saturated heterocycles. The zero-order valence-corrected chi connectivity index (χ0v) is 23.3. The first-order valence-electron chi connectivity index (χ1n) is 13.1. The Labute approximate surface area is 228 Å². The van der Waals surface area contributed by atoms with Crippen molar-refractivity contribution < 1.29 is 27.1 Å². The Morgan fingerprint density at radius 3 is 2.45 bits per heavy atom. The number of carbonyl (C=O) groups excluding carboxylic acids is 1. The van der Waals surface area contributed by atoms with Gasteiger partial charge in [-0.05, 0) is 86.3 Å². The Morgan fingerprint density at radius 1 is 1.13 bits per heavy atom. The van der Waals surface area contributed by atoms with E-state index in [4.69, 9.17) is 21.1 Å². The summed E-state index contributed by atoms with van der Waals surface area (Å²) < 4.78 is 53.5. The third kappa shape index (κ3) is 6.33. The molecule has 0 radical (unpaired) electrons. The van der Waals surface area contributed by atoms with E-state index in [1.165, 1.54) is 17.7 Å². The molecule has 0 unspecified atom stereocenters. The van der Waals surface area contributed by atoms with Gasteiger partial charge in [0.25, 0.3) is 5.91 Å². The maximum absolute atomic E-state index is 15.0. The van der Waals surface area contributed by atoms with Crippen molar-refractivity contribution in [2.24, 2.45) is 0 Å². The fourth-order valence-electron chi connectivity index (χ4n) is 5.13. The Morgan fingerprint density at radius 2 is 1.84 bits per heavy atom. The van der Waals surface area contributed by atoms with Gasteiger partial charge in [-0.25, -0.2) is 17.5 Å². The van der Waals surface area contributed by atoms with E-state index in [-0.39, 0.29) is 18.1 Å². The molecule has 10 heteroatoms. The first kappa shape index (κ1) is 27.4. The van der Waals surface area contributed by atoms with E-state index < -0.39 is 32.6 Å². The maximum atomic E-state index is 15.0. The number of amides is 1. The lowest BCUT2D eigenvalue weighted by Gasteiger charge is -2.40. The van der Waals surface area contributed by atoms with Crippen molar-refractivity contribution in [2.75, 3.05) is 26.8 Å². The van der Waals surface area contributed by atoms with Crippen LogP contribution in [-0.2, 0) is 21.3 Å². The van der Waals surface area contributed by atoms with Crippen molar-refractivity contribution in [3.8, 4) is 5.75 Å². The molecule has 2 saturated carbocycles. The van der Waals surface area contributed by atoms with Crippen LogP contribution in [0.2, 0.25) is 5.02 Å². The van der Waals surface area contributed by atoms with Crippen molar-refractivity contribution in [2.45, 2.75) is 68.8 Å². The summed E-state index contributed by atoms with van der Waals surface area (Å²) in [6.07, 6.45) is 4.37. The standard InChI is InChI=1S/C28H34ClFN2O5S/c1-18-11-19(13-21(29)12-18)16-32-9-7-28(36-2,8-10-32)17-37-26-15-25(30)24(14-23(26)20-3-4-20)27(33)31-38(34,35)22-5-6-22/h11-15,20,22H,3-10,16-17H2,1-2H3,(H,31,33). The van der Waals surface area contributed by atoms with Crippen molar-refractivity contribution in [3.63, 3.8) is 0 Å². The summed E-state index contributed by atoms with van der Waals surface area (Å²) in [5.41, 5.74) is 2.27. The van der Waals surface area contributed by atoms with Gasteiger partial charge in [-0.1, -0.05) is 17.7 Å². The predicted octanol–water partition coefficient (Wildman–Crippen LogP) is 4.95. The molecule has 0 bridgehead atoms. The van der Waals surface area contributed by atoms with Gasteiger partial charge in [0.05, 0.1) is 10.8 Å². The third-order valence-corrected chi connectivity index (χ3v) is 9.80. The first-order chi connectivity index (χ1) is 18.1. The van der Waals surface area contributed by atoms with E-state index in [2.05, 4.69) is 11.0 Å². The van der Waals surface area contributed by atoms with Gasteiger partial charge in [0, 0.05) is 37.8 Å². The summed E-state index contributed by atoms with van der Waals surface area (Å²) in [5.74, 6) is -1.18. The van der Waals surface area contributed by atoms with Gasteiger partial charge in [0.15, 0.2) is 0 Å². The lowest BCUT2D eigenvalue weighted by Crippen LogP contribution is -2.48. The first-order valence-corrected chi connectivity index (χ1v) is 15.1. The number of methoxy groups -OCH3 is 1. The predicted molar refractivity (Wildman–Crippen MR) is 144 cm³/mol. The molecule has 1 aliphatic heterocycles. The summed E-state index contributed by atoms with van der Waals surface area (Å²) in [6.45, 7) is 4.74. The summed E-state index contributed by atoms with van der Waals surface area (Å²) in [5, 5.41) is 0.176. The highest BCUT2D eigenvalue weighted by molar-refractivity contribution is 7.91. The van der Waals surface area contributed by atoms with Crippen molar-refractivity contribution in [1.82, 2.24) is 9.62 Å². The Hall–Kier alpha value is -2.20. The number of nitrogens with one attached hydrogen (secondary N) is 1. The van der Waals surface area contributed by atoms with Crippen LogP contribution >= 0.6 is 11.6 Å². The molecule has 2 aliphatic carbocycles. The molecule has 0 atom stereocenters. The van der Waals surface area contributed by atoms with Crippen LogP contribution in [0.25, 0.3) is 0 Å². The van der Waals surface area contributed by atoms with Crippen LogP contribution in [0.4, 0.5) is 4.39 Å². The number of sulfonamides is 1. The molecule has 1 N–H and O–H groups in total. The highest BCUT2D eigenvalue weighted by Crippen LogP contribution is 2.45. The van der Waals surface area contributed by atoms with Crippen molar-refractivity contribution in [1.29, 1.82) is 0 Å². The molecule has 38 heavy (non-hydrogen) atoms. The lowest BCUT2D eigenvalue weighted by atomic mass is 9.91. The summed E-state index contributed by atoms with van der Waals surface area (Å²) in [4.78, 5) is 15.0. The summed E-state index contributed by atoms with van der Waals surface area (Å²) >= 11 is 6.22. The second-order valence-electron chi connectivity index (χ2n) is 10.9. The van der Waals surface area contributed by atoms with Gasteiger partial charge in [-0.3, -0.25) is 9.69 Å². The average molecular weight is 565 g/mol. The number of hydrogen-bond donors (Lipinski definition) is 1. The van der Waals surface area contributed by atoms with Crippen LogP contribution in [0.15, 0.2) is 30.3 Å². The summed E-state index contributed by atoms with van der Waals surface area (Å²) in [7, 11) is -2.09. The summed E-state index contributed by atoms with van der Waals surface area (Å²) in [6, 6.07) is 8.76. The van der Waals surface area contributed by atoms with Crippen molar-refractivity contribution in [3.05, 3.63) is 63.4 Å². The smallest absolute Gasteiger partial charge is 0.267 e. The number of nitrogens with zero attached hydrogens (tertiary/aromatic N) is 1. The number of likely N-dealkylation sites (tertiary alicyclic amines) is 1. The molecule has 2 aromatic rings. The number of piperidine rings is 1. The number of rotatable bonds is 10. The van der Waals surface area contributed by atoms with Crippen LogP contribution in [0.1, 0.15) is 71.5 Å². The zero-order chi connectivity index (χ0) is 27.1. The van der Waals surface area contributed by atoms with Gasteiger partial charge < -0.3 is 9.47 Å². The minimum absolute atomic E-state index is 0.165. The molecular formula is C28H34ClFN2O5S. The topological polar surface area (TPSA) is 84.9 Å². The minimum atomic E-state index is -3.77. The Balaban J connectivity index is 1.24. The third-order valence-electron chi connectivity index (χ3n) is 7.76. The van der Waals surface area contributed by atoms with Gasteiger partial charge in [0.1, 0.15) is 23.8 Å². The number of benzene rings is 2. The molecule has 3 aliphatic rings. The number of carbonyl (C=O) groups is 1. The quantitative estimate of drug-likeness (QED) is 0.440. The second-order valence-corrected chi connectivity index (χ2v) is 13.3. The van der Waals surface area contributed by atoms with Crippen LogP contribution in [-0.4, -0.2) is 56.9 Å². The molecule has 7 nitrogen and oxygen atoms in total. The maximum Gasteiger partial charge on any atom is 0.267 e. The van der Waals surface area contributed by atoms with Gasteiger partial charge in [-0.15, -0.1) is 0 Å². The fraction of sp³-hybridized carbons (Fsp3) is 0.536. The molecule has 3 fully saturated rings. The number of hydrogen-bond acceptors (Lipinski definition) is 6. The number of ether oxygens (including phenoxy) is 2. The largest absolute Gasteiger partial charge is 0.490 e. The average Bonchev–Trinajstić information content (AvgIpc) is 3.75. The molecule has 0 spiro atoms. The molecule has 5 rings (SSSR count). The number of aryl methyl sites for hydroxylation is 1. The minimum Gasteiger partial charge on any atom is -0.490 e. The normalized spacial score (nSPS) is 19.8. The monoisotopic (exact) mass is 564 g/mol. The SMILES string of the molecule is COC1(COc2cc(F)c(C(=O)NS(=O)(=O)C3CC3)cc2C2CC2)CCN(Cc2cc(C)cc(Cl)c2)CC1. The van der Waals surface area contributed by atoms with Crippen LogP contribution in [0.3, 0.4) is 0 Å². The highest BCUT2D eigenvalue weighted by atomic mass is 35.5. The molecule has 2 aromatic carbocycles.